The van der Waals surface area contributed by atoms with Gasteiger partial charge in [-0.05, 0) is 26.0 Å². The van der Waals surface area contributed by atoms with E-state index >= 15 is 0 Å². The molecule has 2 aromatic carbocycles. The smallest absolute Gasteiger partial charge is 0.326 e. The number of methoxy groups -OCH3 is 1. The van der Waals surface area contributed by atoms with Crippen LogP contribution in [0.15, 0.2) is 54.6 Å². The Morgan fingerprint density at radius 2 is 1.59 bits per heavy atom. The summed E-state index contributed by atoms with van der Waals surface area (Å²) in [6.07, 6.45) is -1.06. The molecule has 7 nitrogen and oxygen atoms in total. The molecular formula is C22H26N2O5. The number of likely N-dealkylation sites (N-methyl/N-ethyl adjacent to an activating group) is 1. The average Bonchev–Trinajstić information content (AvgIpc) is 2.77. The summed E-state index contributed by atoms with van der Waals surface area (Å²) in [5.41, 5.74) is 0.885. The van der Waals surface area contributed by atoms with E-state index in [2.05, 4.69) is 5.32 Å². The molecule has 0 fully saturated rings. The van der Waals surface area contributed by atoms with E-state index in [0.717, 1.165) is 0 Å². The second-order valence-electron chi connectivity index (χ2n) is 6.17. The van der Waals surface area contributed by atoms with Crippen LogP contribution < -0.4 is 10.1 Å². The van der Waals surface area contributed by atoms with Gasteiger partial charge in [-0.25, -0.2) is 0 Å². The lowest BCUT2D eigenvalue weighted by atomic mass is 10.1. The summed E-state index contributed by atoms with van der Waals surface area (Å²) >= 11 is 0. The van der Waals surface area contributed by atoms with Gasteiger partial charge in [-0.3, -0.25) is 14.4 Å². The molecule has 0 saturated heterocycles. The first kappa shape index (κ1) is 21.9. The molecule has 7 heteroatoms. The fraction of sp³-hybridized carbons (Fsp3) is 0.318. The van der Waals surface area contributed by atoms with Crippen molar-refractivity contribution in [3.8, 4) is 5.75 Å². The van der Waals surface area contributed by atoms with Gasteiger partial charge in [0.15, 0.2) is 0 Å². The lowest BCUT2D eigenvalue weighted by Crippen LogP contribution is -2.38. The van der Waals surface area contributed by atoms with Gasteiger partial charge in [0.05, 0.1) is 12.7 Å². The van der Waals surface area contributed by atoms with Crippen molar-refractivity contribution in [3.05, 3.63) is 65.7 Å². The predicted molar refractivity (Wildman–Crippen MR) is 109 cm³/mol. The van der Waals surface area contributed by atoms with Crippen LogP contribution in [0.3, 0.4) is 0 Å². The van der Waals surface area contributed by atoms with E-state index in [1.165, 1.54) is 7.11 Å². The predicted octanol–water partition coefficient (Wildman–Crippen LogP) is 2.58. The topological polar surface area (TPSA) is 84.9 Å². The van der Waals surface area contributed by atoms with Gasteiger partial charge in [-0.1, -0.05) is 42.5 Å². The molecular weight excluding hydrogens is 372 g/mol. The third-order valence-electron chi connectivity index (χ3n) is 4.40. The number of amides is 2. The normalized spacial score (nSPS) is 11.3. The van der Waals surface area contributed by atoms with Crippen LogP contribution in [0.1, 0.15) is 35.9 Å². The summed E-state index contributed by atoms with van der Waals surface area (Å²) in [6, 6.07) is 15.5. The quantitative estimate of drug-likeness (QED) is 0.657. The van der Waals surface area contributed by atoms with Crippen molar-refractivity contribution in [1.29, 1.82) is 0 Å². The third-order valence-corrected chi connectivity index (χ3v) is 4.40. The minimum absolute atomic E-state index is 0.300. The second kappa shape index (κ2) is 10.8. The summed E-state index contributed by atoms with van der Waals surface area (Å²) in [7, 11) is 1.46. The third kappa shape index (κ3) is 5.81. The number of esters is 1. The highest BCUT2D eigenvalue weighted by atomic mass is 16.5. The van der Waals surface area contributed by atoms with Gasteiger partial charge in [0.2, 0.25) is 6.10 Å². The van der Waals surface area contributed by atoms with Gasteiger partial charge < -0.3 is 19.7 Å². The zero-order chi connectivity index (χ0) is 21.2. The molecule has 0 unspecified atom stereocenters. The van der Waals surface area contributed by atoms with E-state index in [-0.39, 0.29) is 12.5 Å². The molecule has 0 radical (unpaired) electrons. The van der Waals surface area contributed by atoms with Crippen LogP contribution in [0.25, 0.3) is 0 Å². The maximum atomic E-state index is 12.8. The highest BCUT2D eigenvalue weighted by Crippen LogP contribution is 2.21. The molecule has 0 aliphatic heterocycles. The lowest BCUT2D eigenvalue weighted by molar-refractivity contribution is -0.160. The molecule has 29 heavy (non-hydrogen) atoms. The average molecular weight is 398 g/mol. The zero-order valence-electron chi connectivity index (χ0n) is 16.9. The largest absolute Gasteiger partial charge is 0.496 e. The first-order valence-electron chi connectivity index (χ1n) is 9.46. The Labute approximate surface area is 170 Å². The molecule has 0 aromatic heterocycles. The van der Waals surface area contributed by atoms with Crippen LogP contribution in [0.2, 0.25) is 0 Å². The number of nitrogens with zero attached hydrogens (tertiary/aromatic N) is 1. The number of carbonyl (C=O) groups excluding carboxylic acids is 3. The number of rotatable bonds is 9. The van der Waals surface area contributed by atoms with E-state index in [0.29, 0.717) is 30.0 Å². The van der Waals surface area contributed by atoms with Crippen LogP contribution in [-0.2, 0) is 14.3 Å². The maximum Gasteiger partial charge on any atom is 0.326 e. The first-order valence-corrected chi connectivity index (χ1v) is 9.46. The Morgan fingerprint density at radius 1 is 0.966 bits per heavy atom. The van der Waals surface area contributed by atoms with Crippen molar-refractivity contribution in [3.63, 3.8) is 0 Å². The molecule has 2 aromatic rings. The summed E-state index contributed by atoms with van der Waals surface area (Å²) < 4.78 is 10.6. The molecule has 0 aliphatic carbocycles. The molecule has 0 aliphatic rings. The monoisotopic (exact) mass is 398 g/mol. The molecule has 1 atom stereocenters. The highest BCUT2D eigenvalue weighted by molar-refractivity contribution is 5.98. The van der Waals surface area contributed by atoms with Gasteiger partial charge in [0, 0.05) is 18.7 Å². The first-order chi connectivity index (χ1) is 14.0. The Kier molecular flexibility index (Phi) is 8.21. The molecule has 0 saturated carbocycles. The van der Waals surface area contributed by atoms with Crippen molar-refractivity contribution in [2.75, 3.05) is 26.7 Å². The fourth-order valence-electron chi connectivity index (χ4n) is 2.84. The molecule has 0 spiro atoms. The van der Waals surface area contributed by atoms with Crippen molar-refractivity contribution in [2.45, 2.75) is 20.0 Å². The van der Waals surface area contributed by atoms with Crippen LogP contribution in [-0.4, -0.2) is 49.4 Å². The number of ether oxygens (including phenoxy) is 2. The number of para-hydroxylation sites is 1. The number of hydrogen-bond donors (Lipinski definition) is 1. The minimum atomic E-state index is -1.06. The Hall–Kier alpha value is -3.35. The van der Waals surface area contributed by atoms with Crippen LogP contribution in [0, 0.1) is 0 Å². The number of hydrogen-bond acceptors (Lipinski definition) is 5. The Morgan fingerprint density at radius 3 is 2.21 bits per heavy atom. The number of nitrogens with one attached hydrogen (secondary N) is 1. The number of benzene rings is 2. The minimum Gasteiger partial charge on any atom is -0.496 e. The molecule has 154 valence electrons. The fourth-order valence-corrected chi connectivity index (χ4v) is 2.84. The van der Waals surface area contributed by atoms with E-state index in [1.807, 2.05) is 19.9 Å². The zero-order valence-corrected chi connectivity index (χ0v) is 16.9. The van der Waals surface area contributed by atoms with Crippen molar-refractivity contribution in [2.24, 2.45) is 0 Å². The molecule has 1 N–H and O–H groups in total. The maximum absolute atomic E-state index is 12.8. The second-order valence-corrected chi connectivity index (χ2v) is 6.17. The van der Waals surface area contributed by atoms with Crippen molar-refractivity contribution in [1.82, 2.24) is 10.2 Å². The Bertz CT molecular complexity index is 834. The standard InChI is InChI=1S/C22H26N2O5/c1-4-24(5-2)22(27)20(16-11-7-6-8-12-16)29-19(25)15-23-21(26)17-13-9-10-14-18(17)28-3/h6-14,20H,4-5,15H2,1-3H3,(H,23,26)/t20-/m1/s1. The van der Waals surface area contributed by atoms with Crippen LogP contribution in [0.4, 0.5) is 0 Å². The SMILES string of the molecule is CCN(CC)C(=O)[C@H](OC(=O)CNC(=O)c1ccccc1OC)c1ccccc1. The molecule has 2 amide bonds. The summed E-state index contributed by atoms with van der Waals surface area (Å²) in [5.74, 6) is -1.07. The van der Waals surface area contributed by atoms with Crippen molar-refractivity contribution < 1.29 is 23.9 Å². The molecule has 0 heterocycles. The molecule has 2 rings (SSSR count). The summed E-state index contributed by atoms with van der Waals surface area (Å²) in [4.78, 5) is 39.2. The van der Waals surface area contributed by atoms with Gasteiger partial charge >= 0.3 is 5.97 Å². The number of carbonyl (C=O) groups is 3. The summed E-state index contributed by atoms with van der Waals surface area (Å²) in [6.45, 7) is 4.35. The molecule has 0 bridgehead atoms. The van der Waals surface area contributed by atoms with Gasteiger partial charge in [0.25, 0.3) is 11.8 Å². The van der Waals surface area contributed by atoms with E-state index in [9.17, 15) is 14.4 Å². The van der Waals surface area contributed by atoms with E-state index < -0.39 is 18.0 Å². The summed E-state index contributed by atoms with van der Waals surface area (Å²) in [5, 5.41) is 2.51. The Balaban J connectivity index is 2.08. The van der Waals surface area contributed by atoms with E-state index in [4.69, 9.17) is 9.47 Å². The van der Waals surface area contributed by atoms with Gasteiger partial charge in [-0.2, -0.15) is 0 Å². The van der Waals surface area contributed by atoms with Crippen LogP contribution in [0.5, 0.6) is 5.75 Å². The lowest BCUT2D eigenvalue weighted by Gasteiger charge is -2.25. The highest BCUT2D eigenvalue weighted by Gasteiger charge is 2.28. The van der Waals surface area contributed by atoms with Crippen molar-refractivity contribution >= 4 is 17.8 Å². The van der Waals surface area contributed by atoms with E-state index in [1.54, 1.807) is 53.4 Å². The van der Waals surface area contributed by atoms with Gasteiger partial charge in [0.1, 0.15) is 12.3 Å². The van der Waals surface area contributed by atoms with Gasteiger partial charge in [-0.15, -0.1) is 0 Å². The van der Waals surface area contributed by atoms with Crippen LogP contribution >= 0.6 is 0 Å².